The fourth-order valence-electron chi connectivity index (χ4n) is 0. The van der Waals surface area contributed by atoms with Crippen LogP contribution in [0.15, 0.2) is 0 Å². The second-order valence-corrected chi connectivity index (χ2v) is 6.02. The van der Waals surface area contributed by atoms with Crippen LogP contribution in [0.4, 0.5) is 0 Å². The number of rotatable bonds is 0. The molecule has 0 aliphatic heterocycles. The molecule has 0 spiro atoms. The van der Waals surface area contributed by atoms with Crippen LogP contribution in [0.5, 0.6) is 0 Å². The minimum atomic E-state index is -3.81. The van der Waals surface area contributed by atoms with E-state index in [1.807, 2.05) is 0 Å². The summed E-state index contributed by atoms with van der Waals surface area (Å²) in [6.07, 6.45) is 0. The summed E-state index contributed by atoms with van der Waals surface area (Å²) in [6, 6.07) is 0. The monoisotopic (exact) mass is 284 g/mol. The van der Waals surface area contributed by atoms with Crippen LogP contribution in [0.2, 0.25) is 0 Å². The molecular formula is H6FeO6P2S2. The summed E-state index contributed by atoms with van der Waals surface area (Å²) in [7, 11) is 0. The Morgan fingerprint density at radius 2 is 0.636 bits per heavy atom. The first kappa shape index (κ1) is 18.4. The molecule has 72 valence electrons. The van der Waals surface area contributed by atoms with Crippen molar-refractivity contribution in [1.82, 2.24) is 0 Å². The van der Waals surface area contributed by atoms with Gasteiger partial charge in [-0.1, -0.05) is 0 Å². The van der Waals surface area contributed by atoms with Gasteiger partial charge in [0.05, 0.1) is 0 Å². The van der Waals surface area contributed by atoms with Crippen molar-refractivity contribution in [2.45, 2.75) is 0 Å². The van der Waals surface area contributed by atoms with Crippen LogP contribution in [0.1, 0.15) is 0 Å². The Hall–Kier alpha value is 1.58. The van der Waals surface area contributed by atoms with E-state index in [-0.39, 0.29) is 17.1 Å². The van der Waals surface area contributed by atoms with E-state index in [1.54, 1.807) is 0 Å². The number of hydrogen-bond donors (Lipinski definition) is 6. The van der Waals surface area contributed by atoms with Crippen molar-refractivity contribution in [3.63, 3.8) is 0 Å². The SMILES string of the molecule is OP(O)(O)=S.OP(O)(O)=S.[Fe]. The van der Waals surface area contributed by atoms with Crippen molar-refractivity contribution in [3.05, 3.63) is 0 Å². The van der Waals surface area contributed by atoms with Crippen molar-refractivity contribution in [2.75, 3.05) is 0 Å². The molecule has 6 nitrogen and oxygen atoms in total. The third-order valence-electron chi connectivity index (χ3n) is 0. The minimum absolute atomic E-state index is 0. The zero-order valence-corrected chi connectivity index (χ0v) is 9.27. The Balaban J connectivity index is -0.000000107. The largest absolute Gasteiger partial charge is 0.325 e. The van der Waals surface area contributed by atoms with Gasteiger partial charge in [0.1, 0.15) is 0 Å². The van der Waals surface area contributed by atoms with E-state index >= 15 is 0 Å². The smallest absolute Gasteiger partial charge is 0.319 e. The molecule has 6 N–H and O–H groups in total. The van der Waals surface area contributed by atoms with E-state index < -0.39 is 13.4 Å². The van der Waals surface area contributed by atoms with Crippen molar-refractivity contribution in [3.8, 4) is 0 Å². The van der Waals surface area contributed by atoms with Crippen LogP contribution in [0, 0.1) is 0 Å². The maximum Gasteiger partial charge on any atom is 0.319 e. The molecule has 0 saturated heterocycles. The normalized spacial score (nSPS) is 10.7. The summed E-state index contributed by atoms with van der Waals surface area (Å²) in [5.74, 6) is 0. The molecule has 0 fully saturated rings. The van der Waals surface area contributed by atoms with Crippen molar-refractivity contribution >= 4 is 37.1 Å². The predicted octanol–water partition coefficient (Wildman–Crippen LogP) is -1.63. The molecule has 0 heterocycles. The molecule has 0 aliphatic carbocycles. The molecule has 0 unspecified atom stereocenters. The Kier molecular flexibility index (Phi) is 11.7. The van der Waals surface area contributed by atoms with Crippen molar-refractivity contribution in [1.29, 1.82) is 0 Å². The topological polar surface area (TPSA) is 121 Å². The molecule has 0 amide bonds. The van der Waals surface area contributed by atoms with Crippen LogP contribution in [-0.2, 0) is 40.7 Å². The standard InChI is InChI=1S/Fe.2H3O3PS/c;2*1-4(2,3)5/h;2*(H3,1,2,3,5). The third-order valence-corrected chi connectivity index (χ3v) is 0. The molecule has 0 aromatic rings. The van der Waals surface area contributed by atoms with Crippen LogP contribution >= 0.6 is 13.4 Å². The van der Waals surface area contributed by atoms with Gasteiger partial charge in [0.25, 0.3) is 0 Å². The fourth-order valence-corrected chi connectivity index (χ4v) is 0. The first-order chi connectivity index (χ1) is 4.00. The molecule has 11 heteroatoms. The molecule has 0 aromatic carbocycles. The van der Waals surface area contributed by atoms with E-state index in [0.29, 0.717) is 0 Å². The quantitative estimate of drug-likeness (QED) is 0.232. The molecule has 0 atom stereocenters. The Bertz CT molecular complexity index is 131. The van der Waals surface area contributed by atoms with Gasteiger partial charge < -0.3 is 29.4 Å². The Morgan fingerprint density at radius 1 is 0.636 bits per heavy atom. The average Bonchev–Trinajstić information content (AvgIpc) is 1.12. The molecule has 0 rings (SSSR count). The molecule has 0 aromatic heterocycles. The first-order valence-corrected chi connectivity index (χ1v) is 6.89. The summed E-state index contributed by atoms with van der Waals surface area (Å²) >= 11 is 7.21. The predicted molar refractivity (Wildman–Crippen MR) is 41.9 cm³/mol. The summed E-state index contributed by atoms with van der Waals surface area (Å²) in [6.45, 7) is -7.61. The summed E-state index contributed by atoms with van der Waals surface area (Å²) in [5.41, 5.74) is 0. The maximum atomic E-state index is 7.56. The van der Waals surface area contributed by atoms with E-state index in [4.69, 9.17) is 29.4 Å². The van der Waals surface area contributed by atoms with Crippen molar-refractivity contribution in [2.24, 2.45) is 0 Å². The van der Waals surface area contributed by atoms with Crippen LogP contribution < -0.4 is 0 Å². The van der Waals surface area contributed by atoms with Gasteiger partial charge in [0.15, 0.2) is 0 Å². The molecule has 11 heavy (non-hydrogen) atoms. The van der Waals surface area contributed by atoms with E-state index in [2.05, 4.69) is 23.6 Å². The van der Waals surface area contributed by atoms with Gasteiger partial charge in [-0.05, 0) is 23.6 Å². The van der Waals surface area contributed by atoms with Crippen molar-refractivity contribution < 1.29 is 46.4 Å². The van der Waals surface area contributed by atoms with Gasteiger partial charge >= 0.3 is 13.4 Å². The zero-order chi connectivity index (χ0) is 9.00. The van der Waals surface area contributed by atoms with Crippen LogP contribution in [-0.4, -0.2) is 29.4 Å². The Labute approximate surface area is 83.5 Å². The van der Waals surface area contributed by atoms with E-state index in [9.17, 15) is 0 Å². The molecule has 0 aliphatic rings. The van der Waals surface area contributed by atoms with Gasteiger partial charge in [-0.15, -0.1) is 0 Å². The fraction of sp³-hybridized carbons (Fsp3) is 0. The van der Waals surface area contributed by atoms with Gasteiger partial charge in [-0.25, -0.2) is 0 Å². The van der Waals surface area contributed by atoms with Gasteiger partial charge in [-0.3, -0.25) is 0 Å². The Morgan fingerprint density at radius 3 is 0.636 bits per heavy atom. The van der Waals surface area contributed by atoms with E-state index in [1.165, 1.54) is 0 Å². The van der Waals surface area contributed by atoms with Gasteiger partial charge in [0.2, 0.25) is 0 Å². The summed E-state index contributed by atoms with van der Waals surface area (Å²) in [4.78, 5) is 45.3. The number of hydrogen-bond acceptors (Lipinski definition) is 2. The zero-order valence-electron chi connectivity index (χ0n) is 4.75. The van der Waals surface area contributed by atoms with Crippen LogP contribution in [0.3, 0.4) is 0 Å². The van der Waals surface area contributed by atoms with Gasteiger partial charge in [-0.2, -0.15) is 0 Å². The maximum absolute atomic E-state index is 7.56. The summed E-state index contributed by atoms with van der Waals surface area (Å²) < 4.78 is 0. The molecule has 0 saturated carbocycles. The van der Waals surface area contributed by atoms with Crippen LogP contribution in [0.25, 0.3) is 0 Å². The molecule has 0 bridgehead atoms. The molecule has 0 radical (unpaired) electrons. The second-order valence-electron chi connectivity index (χ2n) is 1.03. The summed E-state index contributed by atoms with van der Waals surface area (Å²) in [5, 5.41) is 0. The van der Waals surface area contributed by atoms with E-state index in [0.717, 1.165) is 0 Å². The first-order valence-electron chi connectivity index (χ1n) is 1.57. The average molecular weight is 284 g/mol. The second kappa shape index (κ2) is 7.03. The third kappa shape index (κ3) is 426. The molecular weight excluding hydrogens is 278 g/mol. The minimum Gasteiger partial charge on any atom is -0.325 e. The van der Waals surface area contributed by atoms with Gasteiger partial charge in [0, 0.05) is 17.1 Å².